The van der Waals surface area contributed by atoms with Crippen LogP contribution < -0.4 is 0 Å². The molecule has 2 saturated heterocycles. The van der Waals surface area contributed by atoms with Gasteiger partial charge in [0.05, 0.1) is 6.54 Å². The molecule has 0 N–H and O–H groups in total. The fourth-order valence-corrected chi connectivity index (χ4v) is 4.27. The predicted octanol–water partition coefficient (Wildman–Crippen LogP) is 2.80. The van der Waals surface area contributed by atoms with Crippen LogP contribution in [0.1, 0.15) is 76.0 Å². The van der Waals surface area contributed by atoms with Crippen LogP contribution in [0.15, 0.2) is 0 Å². The monoisotopic (exact) mass is 317 g/mol. The van der Waals surface area contributed by atoms with Crippen molar-refractivity contribution < 1.29 is 0 Å². The van der Waals surface area contributed by atoms with Crippen LogP contribution in [0.2, 0.25) is 0 Å². The molecule has 0 amide bonds. The Morgan fingerprint density at radius 2 is 1.65 bits per heavy atom. The molecule has 5 heteroatoms. The van der Waals surface area contributed by atoms with Crippen molar-refractivity contribution in [2.45, 2.75) is 76.9 Å². The van der Waals surface area contributed by atoms with Gasteiger partial charge in [0.1, 0.15) is 11.6 Å². The number of hydrogen-bond acceptors (Lipinski definition) is 4. The zero-order valence-corrected chi connectivity index (χ0v) is 14.7. The van der Waals surface area contributed by atoms with Crippen LogP contribution in [-0.2, 0) is 6.54 Å². The molecule has 23 heavy (non-hydrogen) atoms. The van der Waals surface area contributed by atoms with E-state index in [9.17, 15) is 0 Å². The van der Waals surface area contributed by atoms with Crippen LogP contribution in [0.3, 0.4) is 0 Å². The summed E-state index contributed by atoms with van der Waals surface area (Å²) < 4.78 is 2.54. The molecule has 3 heterocycles. The number of hydrogen-bond donors (Lipinski definition) is 0. The fraction of sp³-hybridized carbons (Fsp3) is 0.889. The smallest absolute Gasteiger partial charge is 0.147 e. The molecule has 1 saturated carbocycles. The second-order valence-electron chi connectivity index (χ2n) is 7.96. The Hall–Kier alpha value is -0.940. The molecule has 0 unspecified atom stereocenters. The maximum absolute atomic E-state index is 4.68. The average molecular weight is 317 g/mol. The van der Waals surface area contributed by atoms with E-state index in [4.69, 9.17) is 0 Å². The first-order chi connectivity index (χ1) is 11.2. The summed E-state index contributed by atoms with van der Waals surface area (Å²) in [4.78, 5) is 5.15. The van der Waals surface area contributed by atoms with Crippen LogP contribution in [0.5, 0.6) is 0 Å². The van der Waals surface area contributed by atoms with Crippen LogP contribution in [0.25, 0.3) is 0 Å². The molecule has 0 atom stereocenters. The van der Waals surface area contributed by atoms with Gasteiger partial charge in [0, 0.05) is 18.0 Å². The molecule has 1 aromatic heterocycles. The molecule has 128 valence electrons. The van der Waals surface area contributed by atoms with Crippen molar-refractivity contribution in [3.63, 3.8) is 0 Å². The molecule has 5 nitrogen and oxygen atoms in total. The van der Waals surface area contributed by atoms with E-state index in [0.29, 0.717) is 18.0 Å². The highest BCUT2D eigenvalue weighted by atomic mass is 15.3. The van der Waals surface area contributed by atoms with E-state index in [1.165, 1.54) is 76.4 Å². The van der Waals surface area contributed by atoms with E-state index in [-0.39, 0.29) is 0 Å². The van der Waals surface area contributed by atoms with Gasteiger partial charge in [0.15, 0.2) is 0 Å². The highest BCUT2D eigenvalue weighted by molar-refractivity contribution is 5.09. The summed E-state index contributed by atoms with van der Waals surface area (Å²) in [6.07, 6.45) is 7.82. The van der Waals surface area contributed by atoms with Gasteiger partial charge in [0.25, 0.3) is 0 Å². The van der Waals surface area contributed by atoms with Crippen molar-refractivity contribution in [3.05, 3.63) is 11.6 Å². The van der Waals surface area contributed by atoms with Gasteiger partial charge in [-0.15, -0.1) is 10.2 Å². The molecule has 2 aliphatic heterocycles. The van der Waals surface area contributed by atoms with Gasteiger partial charge in [0.2, 0.25) is 0 Å². The van der Waals surface area contributed by atoms with Crippen LogP contribution in [0, 0.1) is 0 Å². The molecular formula is C18H31N5. The Morgan fingerprint density at radius 1 is 0.957 bits per heavy atom. The van der Waals surface area contributed by atoms with E-state index in [1.54, 1.807) is 0 Å². The molecule has 3 aliphatic rings. The minimum Gasteiger partial charge on any atom is -0.311 e. The van der Waals surface area contributed by atoms with Gasteiger partial charge >= 0.3 is 0 Å². The number of piperidine rings is 1. The first-order valence-electron chi connectivity index (χ1n) is 9.62. The zero-order chi connectivity index (χ0) is 15.8. The number of aromatic nitrogens is 3. The van der Waals surface area contributed by atoms with Crippen molar-refractivity contribution in [1.29, 1.82) is 0 Å². The highest BCUT2D eigenvalue weighted by Gasteiger charge is 2.34. The summed E-state index contributed by atoms with van der Waals surface area (Å²) in [5.41, 5.74) is 0. The molecule has 4 rings (SSSR count). The third kappa shape index (κ3) is 3.31. The Balaban J connectivity index is 1.49. The van der Waals surface area contributed by atoms with Crippen LogP contribution in [-0.4, -0.2) is 56.8 Å². The SMILES string of the molecule is CC(C)N1CCC(c2nnc(CN3CCCC3)n2C2CC2)CC1. The van der Waals surface area contributed by atoms with Gasteiger partial charge in [-0.3, -0.25) is 4.90 Å². The lowest BCUT2D eigenvalue weighted by molar-refractivity contribution is 0.168. The lowest BCUT2D eigenvalue weighted by Gasteiger charge is -2.34. The third-order valence-corrected chi connectivity index (χ3v) is 5.89. The van der Waals surface area contributed by atoms with Crippen molar-refractivity contribution in [3.8, 4) is 0 Å². The number of rotatable bonds is 5. The van der Waals surface area contributed by atoms with Gasteiger partial charge < -0.3 is 9.47 Å². The van der Waals surface area contributed by atoms with Gasteiger partial charge in [-0.05, 0) is 78.6 Å². The zero-order valence-electron chi connectivity index (χ0n) is 14.7. The third-order valence-electron chi connectivity index (χ3n) is 5.89. The Labute approximate surface area is 140 Å². The molecular weight excluding hydrogens is 286 g/mol. The lowest BCUT2D eigenvalue weighted by atomic mass is 9.95. The number of nitrogens with zero attached hydrogens (tertiary/aromatic N) is 5. The molecule has 0 aromatic carbocycles. The molecule has 1 aliphatic carbocycles. The van der Waals surface area contributed by atoms with Gasteiger partial charge in [-0.2, -0.15) is 0 Å². The van der Waals surface area contributed by atoms with Crippen molar-refractivity contribution in [2.75, 3.05) is 26.2 Å². The summed E-state index contributed by atoms with van der Waals surface area (Å²) >= 11 is 0. The van der Waals surface area contributed by atoms with Crippen molar-refractivity contribution >= 4 is 0 Å². The van der Waals surface area contributed by atoms with Crippen molar-refractivity contribution in [2.24, 2.45) is 0 Å². The van der Waals surface area contributed by atoms with E-state index >= 15 is 0 Å². The van der Waals surface area contributed by atoms with Crippen LogP contribution >= 0.6 is 0 Å². The Bertz CT molecular complexity index is 520. The minimum absolute atomic E-state index is 0.616. The lowest BCUT2D eigenvalue weighted by Crippen LogP contribution is -2.38. The topological polar surface area (TPSA) is 37.2 Å². The molecule has 0 bridgehead atoms. The Kier molecular flexibility index (Phi) is 4.41. The van der Waals surface area contributed by atoms with Crippen molar-refractivity contribution in [1.82, 2.24) is 24.6 Å². The maximum atomic E-state index is 4.68. The second kappa shape index (κ2) is 6.52. The Morgan fingerprint density at radius 3 is 2.26 bits per heavy atom. The maximum Gasteiger partial charge on any atom is 0.147 e. The van der Waals surface area contributed by atoms with Gasteiger partial charge in [-0.25, -0.2) is 0 Å². The quantitative estimate of drug-likeness (QED) is 0.837. The molecule has 0 radical (unpaired) electrons. The summed E-state index contributed by atoms with van der Waals surface area (Å²) in [6, 6.07) is 1.36. The van der Waals surface area contributed by atoms with E-state index < -0.39 is 0 Å². The van der Waals surface area contributed by atoms with Gasteiger partial charge in [-0.1, -0.05) is 0 Å². The summed E-state index contributed by atoms with van der Waals surface area (Å²) in [7, 11) is 0. The summed E-state index contributed by atoms with van der Waals surface area (Å²) in [5, 5.41) is 9.31. The van der Waals surface area contributed by atoms with Crippen LogP contribution in [0.4, 0.5) is 0 Å². The normalized spacial score (nSPS) is 24.8. The average Bonchev–Trinajstić information content (AvgIpc) is 3.10. The fourth-order valence-electron chi connectivity index (χ4n) is 4.27. The first-order valence-corrected chi connectivity index (χ1v) is 9.62. The largest absolute Gasteiger partial charge is 0.311 e. The van der Waals surface area contributed by atoms with E-state index in [1.807, 2.05) is 0 Å². The standard InChI is InChI=1S/C18H31N5/c1-14(2)22-11-7-15(8-12-22)18-20-19-17(23(18)16-5-6-16)13-21-9-3-4-10-21/h14-16H,3-13H2,1-2H3. The molecule has 3 fully saturated rings. The number of likely N-dealkylation sites (tertiary alicyclic amines) is 2. The predicted molar refractivity (Wildman–Crippen MR) is 91.5 cm³/mol. The summed E-state index contributed by atoms with van der Waals surface area (Å²) in [6.45, 7) is 10.5. The highest BCUT2D eigenvalue weighted by Crippen LogP contribution is 2.40. The second-order valence-corrected chi connectivity index (χ2v) is 7.96. The molecule has 1 aromatic rings. The minimum atomic E-state index is 0.616. The van der Waals surface area contributed by atoms with E-state index in [2.05, 4.69) is 38.4 Å². The summed E-state index contributed by atoms with van der Waals surface area (Å²) in [5.74, 6) is 3.14. The molecule has 0 spiro atoms. The first kappa shape index (κ1) is 15.6. The van der Waals surface area contributed by atoms with E-state index in [0.717, 1.165) is 6.54 Å².